The molecule has 0 radical (unpaired) electrons. The number of aliphatic hydroxyl groups is 6. The van der Waals surface area contributed by atoms with E-state index in [9.17, 15) is 35.4 Å². The van der Waals surface area contributed by atoms with Gasteiger partial charge in [0.2, 0.25) is 5.91 Å². The highest BCUT2D eigenvalue weighted by atomic mass is 16.7. The molecule has 1 aliphatic carbocycles. The number of nitrogens with one attached hydrogen (secondary N) is 1. The topological polar surface area (TPSA) is 317 Å². The fourth-order valence-corrected chi connectivity index (χ4v) is 5.03. The molecule has 0 aromatic heterocycles. The highest BCUT2D eigenvalue weighted by molar-refractivity contribution is 5.81. The van der Waals surface area contributed by atoms with Crippen LogP contribution in [0.1, 0.15) is 19.3 Å². The molecule has 1 saturated carbocycles. The normalized spacial score (nSPS) is 46.0. The van der Waals surface area contributed by atoms with E-state index in [0.29, 0.717) is 12.8 Å². The Bertz CT molecular complexity index is 787. The zero-order valence-corrected chi connectivity index (χ0v) is 21.5. The average molecular weight is 569 g/mol. The van der Waals surface area contributed by atoms with E-state index in [1.165, 1.54) is 0 Å². The van der Waals surface area contributed by atoms with Gasteiger partial charge in [-0.05, 0) is 25.8 Å². The van der Waals surface area contributed by atoms with Gasteiger partial charge >= 0.3 is 0 Å². The van der Waals surface area contributed by atoms with Crippen molar-refractivity contribution in [1.82, 2.24) is 5.32 Å². The summed E-state index contributed by atoms with van der Waals surface area (Å²) in [6.07, 6.45) is -14.1. The van der Waals surface area contributed by atoms with E-state index in [1.54, 1.807) is 0 Å². The lowest BCUT2D eigenvalue weighted by molar-refractivity contribution is -0.319. The first-order valence-corrected chi connectivity index (χ1v) is 13.0. The minimum absolute atomic E-state index is 0.00387. The third-order valence-electron chi connectivity index (χ3n) is 7.50. The quantitative estimate of drug-likeness (QED) is 0.116. The molecule has 1 amide bonds. The van der Waals surface area contributed by atoms with Crippen LogP contribution in [0.2, 0.25) is 0 Å². The highest BCUT2D eigenvalue weighted by Gasteiger charge is 2.54. The van der Waals surface area contributed by atoms with Crippen molar-refractivity contribution in [1.29, 1.82) is 0 Å². The average Bonchev–Trinajstić information content (AvgIpc) is 2.92. The van der Waals surface area contributed by atoms with Gasteiger partial charge in [0.1, 0.15) is 42.7 Å². The molecule has 0 bridgehead atoms. The van der Waals surface area contributed by atoms with Crippen molar-refractivity contribution in [2.24, 2.45) is 28.7 Å². The lowest BCUT2D eigenvalue weighted by Crippen LogP contribution is -2.74. The molecule has 2 saturated heterocycles. The molecule has 228 valence electrons. The summed E-state index contributed by atoms with van der Waals surface area (Å²) >= 11 is 0. The summed E-state index contributed by atoms with van der Waals surface area (Å²) in [7, 11) is 0. The SMILES string of the molecule is NCC[C@H](O)C(=O)N[C@@H]1C(O)[C@H](N)C(O[C@H]2OC(CN)CCC2N)C(O)[C@H]1O[C@H]1OC(CO)[C@@H](O)[C@H](N)C1O. The Morgan fingerprint density at radius 3 is 2.18 bits per heavy atom. The Labute approximate surface area is 225 Å². The van der Waals surface area contributed by atoms with Crippen LogP contribution in [0.15, 0.2) is 0 Å². The fourth-order valence-electron chi connectivity index (χ4n) is 5.03. The van der Waals surface area contributed by atoms with E-state index in [2.05, 4.69) is 5.32 Å². The first kappa shape index (κ1) is 32.4. The van der Waals surface area contributed by atoms with Crippen LogP contribution in [0, 0.1) is 0 Å². The number of carbonyl (C=O) groups is 1. The zero-order valence-electron chi connectivity index (χ0n) is 21.5. The summed E-state index contributed by atoms with van der Waals surface area (Å²) < 4.78 is 23.0. The van der Waals surface area contributed by atoms with Gasteiger partial charge in [0.05, 0.1) is 43.0 Å². The molecule has 2 aliphatic heterocycles. The van der Waals surface area contributed by atoms with Gasteiger partial charge in [-0.2, -0.15) is 0 Å². The maximum atomic E-state index is 12.6. The molecule has 3 rings (SSSR count). The second-order valence-electron chi connectivity index (χ2n) is 10.3. The number of hydrogen-bond acceptors (Lipinski definition) is 16. The number of nitrogens with two attached hydrogens (primary N) is 5. The minimum atomic E-state index is -1.68. The molecule has 39 heavy (non-hydrogen) atoms. The van der Waals surface area contributed by atoms with Gasteiger partial charge in [0, 0.05) is 6.54 Å². The largest absolute Gasteiger partial charge is 0.394 e. The molecule has 3 aliphatic rings. The van der Waals surface area contributed by atoms with Crippen molar-refractivity contribution in [2.45, 2.75) is 111 Å². The van der Waals surface area contributed by atoms with Gasteiger partial charge in [-0.1, -0.05) is 0 Å². The third kappa shape index (κ3) is 7.21. The lowest BCUT2D eigenvalue weighted by Gasteiger charge is -2.50. The number of aliphatic hydroxyl groups excluding tert-OH is 6. The smallest absolute Gasteiger partial charge is 0.249 e. The van der Waals surface area contributed by atoms with Crippen LogP contribution in [0.3, 0.4) is 0 Å². The van der Waals surface area contributed by atoms with Gasteiger partial charge in [-0.25, -0.2) is 0 Å². The molecule has 15 atom stereocenters. The highest BCUT2D eigenvalue weighted by Crippen LogP contribution is 2.31. The number of carbonyl (C=O) groups excluding carboxylic acids is 1. The summed E-state index contributed by atoms with van der Waals surface area (Å²) in [5.41, 5.74) is 29.4. The first-order chi connectivity index (χ1) is 18.4. The maximum Gasteiger partial charge on any atom is 0.249 e. The summed E-state index contributed by atoms with van der Waals surface area (Å²) in [5, 5.41) is 65.3. The number of amides is 1. The molecular formula is C22H44N6O11. The van der Waals surface area contributed by atoms with Gasteiger partial charge in [0.25, 0.3) is 0 Å². The van der Waals surface area contributed by atoms with Crippen LogP contribution in [-0.4, -0.2) is 148 Å². The van der Waals surface area contributed by atoms with Gasteiger partial charge in [0.15, 0.2) is 12.6 Å². The van der Waals surface area contributed by atoms with Crippen LogP contribution in [0.25, 0.3) is 0 Å². The van der Waals surface area contributed by atoms with E-state index in [0.717, 1.165) is 0 Å². The molecule has 7 unspecified atom stereocenters. The fraction of sp³-hybridized carbons (Fsp3) is 0.955. The lowest BCUT2D eigenvalue weighted by atomic mass is 9.81. The molecule has 0 aromatic rings. The van der Waals surface area contributed by atoms with E-state index >= 15 is 0 Å². The summed E-state index contributed by atoms with van der Waals surface area (Å²) in [6.45, 7) is -0.469. The van der Waals surface area contributed by atoms with Crippen LogP contribution in [-0.2, 0) is 23.7 Å². The predicted octanol–water partition coefficient (Wildman–Crippen LogP) is -7.43. The zero-order chi connectivity index (χ0) is 29.0. The Kier molecular flexibility index (Phi) is 11.8. The van der Waals surface area contributed by atoms with Crippen molar-refractivity contribution < 1.29 is 54.4 Å². The molecule has 0 spiro atoms. The summed E-state index contributed by atoms with van der Waals surface area (Å²) in [5.74, 6) is -0.925. The second-order valence-corrected chi connectivity index (χ2v) is 10.3. The Morgan fingerprint density at radius 2 is 1.56 bits per heavy atom. The summed E-state index contributed by atoms with van der Waals surface area (Å²) in [6, 6.07) is -4.65. The van der Waals surface area contributed by atoms with Gasteiger partial charge in [-0.3, -0.25) is 4.79 Å². The van der Waals surface area contributed by atoms with Gasteiger partial charge < -0.3 is 83.6 Å². The Hall–Kier alpha value is -1.13. The van der Waals surface area contributed by atoms with Crippen molar-refractivity contribution in [3.63, 3.8) is 0 Å². The van der Waals surface area contributed by atoms with Crippen molar-refractivity contribution >= 4 is 5.91 Å². The maximum absolute atomic E-state index is 12.6. The molecule has 3 fully saturated rings. The first-order valence-electron chi connectivity index (χ1n) is 13.0. The number of ether oxygens (including phenoxy) is 4. The molecule has 17 nitrogen and oxygen atoms in total. The molecule has 17 N–H and O–H groups in total. The predicted molar refractivity (Wildman–Crippen MR) is 132 cm³/mol. The number of rotatable bonds is 10. The van der Waals surface area contributed by atoms with Gasteiger partial charge in [-0.15, -0.1) is 0 Å². The van der Waals surface area contributed by atoms with Crippen LogP contribution in [0.4, 0.5) is 0 Å². The number of hydrogen-bond donors (Lipinski definition) is 12. The van der Waals surface area contributed by atoms with E-state index < -0.39 is 98.1 Å². The standard InChI is InChI=1S/C22H44N6O11/c23-4-3-9(30)20(35)28-13-15(32)12(27)18(38-21-8(25)2-1-7(5-24)36-21)17(34)19(13)39-22-16(33)11(26)14(31)10(6-29)37-22/h7-19,21-22,29-34H,1-6,23-27H2,(H,28,35)/t7?,8?,9-,10?,11-,12-,13+,14+,15?,16?,17?,18?,19-,21+,22+/m0/s1. The van der Waals surface area contributed by atoms with Crippen molar-refractivity contribution in [3.05, 3.63) is 0 Å². The van der Waals surface area contributed by atoms with Crippen LogP contribution >= 0.6 is 0 Å². The molecule has 2 heterocycles. The molecular weight excluding hydrogens is 524 g/mol. The van der Waals surface area contributed by atoms with Crippen LogP contribution < -0.4 is 34.0 Å². The minimum Gasteiger partial charge on any atom is -0.394 e. The Morgan fingerprint density at radius 1 is 0.897 bits per heavy atom. The van der Waals surface area contributed by atoms with Crippen LogP contribution in [0.5, 0.6) is 0 Å². The van der Waals surface area contributed by atoms with E-state index in [4.69, 9.17) is 47.6 Å². The van der Waals surface area contributed by atoms with E-state index in [-0.39, 0.29) is 25.6 Å². The Balaban J connectivity index is 1.88. The molecule has 0 aromatic carbocycles. The van der Waals surface area contributed by atoms with E-state index in [1.807, 2.05) is 0 Å². The molecule has 17 heteroatoms. The summed E-state index contributed by atoms with van der Waals surface area (Å²) in [4.78, 5) is 12.6. The third-order valence-corrected chi connectivity index (χ3v) is 7.50. The van der Waals surface area contributed by atoms with Crippen molar-refractivity contribution in [3.8, 4) is 0 Å². The monoisotopic (exact) mass is 568 g/mol. The van der Waals surface area contributed by atoms with Crippen molar-refractivity contribution in [2.75, 3.05) is 19.7 Å². The second kappa shape index (κ2) is 14.2.